The van der Waals surface area contributed by atoms with Crippen LogP contribution < -0.4 is 16.0 Å². The van der Waals surface area contributed by atoms with Crippen LogP contribution in [0.4, 0.5) is 16.4 Å². The van der Waals surface area contributed by atoms with Crippen molar-refractivity contribution in [3.05, 3.63) is 41.9 Å². The predicted molar refractivity (Wildman–Crippen MR) is 114 cm³/mol. The summed E-state index contributed by atoms with van der Waals surface area (Å²) in [5.74, 6) is 1.11. The molecule has 0 saturated heterocycles. The van der Waals surface area contributed by atoms with Gasteiger partial charge in [-0.25, -0.2) is 14.8 Å². The largest absolute Gasteiger partial charge is 0.373 e. The minimum absolute atomic E-state index is 0.0152. The Balaban J connectivity index is 2.03. The molecule has 3 aromatic heterocycles. The summed E-state index contributed by atoms with van der Waals surface area (Å²) >= 11 is 0. The van der Waals surface area contributed by atoms with Crippen molar-refractivity contribution in [2.45, 2.75) is 27.2 Å². The fourth-order valence-electron chi connectivity index (χ4n) is 3.02. The summed E-state index contributed by atoms with van der Waals surface area (Å²) in [6, 6.07) is 5.20. The van der Waals surface area contributed by atoms with Crippen molar-refractivity contribution in [1.82, 2.24) is 20.3 Å². The zero-order valence-corrected chi connectivity index (χ0v) is 17.0. The number of anilines is 2. The number of pyridine rings is 3. The second kappa shape index (κ2) is 8.64. The lowest BCUT2D eigenvalue weighted by molar-refractivity contribution is 0.0983. The summed E-state index contributed by atoms with van der Waals surface area (Å²) in [5.41, 5.74) is 3.86. The number of aryl methyl sites for hydroxylation is 1. The molecular weight excluding hydrogens is 368 g/mol. The second-order valence-electron chi connectivity index (χ2n) is 6.54. The Morgan fingerprint density at radius 2 is 1.83 bits per heavy atom. The number of nitrogens with zero attached hydrogens (tertiary/aromatic N) is 3. The number of carbonyl (C=O) groups excluding carboxylic acids is 2. The van der Waals surface area contributed by atoms with Crippen LogP contribution in [0.15, 0.2) is 30.6 Å². The van der Waals surface area contributed by atoms with Gasteiger partial charge in [0.1, 0.15) is 17.3 Å². The van der Waals surface area contributed by atoms with Crippen molar-refractivity contribution in [3.8, 4) is 11.1 Å². The number of Topliss-reactive ketones (excluding diaryl/α,β-unsaturated/α-hetero) is 1. The molecule has 0 radical (unpaired) electrons. The number of aromatic nitrogens is 3. The van der Waals surface area contributed by atoms with Crippen molar-refractivity contribution in [2.75, 3.05) is 24.2 Å². The number of urea groups is 1. The van der Waals surface area contributed by atoms with E-state index in [9.17, 15) is 9.59 Å². The third-order valence-electron chi connectivity index (χ3n) is 4.52. The van der Waals surface area contributed by atoms with Crippen molar-refractivity contribution < 1.29 is 9.59 Å². The summed E-state index contributed by atoms with van der Waals surface area (Å²) in [4.78, 5) is 37.0. The lowest BCUT2D eigenvalue weighted by Gasteiger charge is -2.13. The molecule has 0 spiro atoms. The van der Waals surface area contributed by atoms with Gasteiger partial charge in [-0.15, -0.1) is 0 Å². The van der Waals surface area contributed by atoms with Gasteiger partial charge in [0.25, 0.3) is 0 Å². The van der Waals surface area contributed by atoms with E-state index in [0.717, 1.165) is 22.1 Å². The summed E-state index contributed by atoms with van der Waals surface area (Å²) in [5, 5.41) is 9.29. The van der Waals surface area contributed by atoms with Crippen LogP contribution in [0.1, 0.15) is 36.3 Å². The Kier molecular flexibility index (Phi) is 6.01. The van der Waals surface area contributed by atoms with Gasteiger partial charge >= 0.3 is 6.03 Å². The summed E-state index contributed by atoms with van der Waals surface area (Å²) < 4.78 is 0. The van der Waals surface area contributed by atoms with Gasteiger partial charge in [0.2, 0.25) is 0 Å². The van der Waals surface area contributed by atoms with Crippen molar-refractivity contribution in [2.24, 2.45) is 0 Å². The molecule has 3 heterocycles. The number of fused-ring (bicyclic) bond motifs is 1. The number of rotatable bonds is 6. The zero-order chi connectivity index (χ0) is 21.0. The summed E-state index contributed by atoms with van der Waals surface area (Å²) in [6.07, 6.45) is 3.80. The molecule has 29 heavy (non-hydrogen) atoms. The molecule has 2 amide bonds. The van der Waals surface area contributed by atoms with E-state index in [1.54, 1.807) is 25.5 Å². The number of hydrogen-bond acceptors (Lipinski definition) is 6. The molecule has 0 fully saturated rings. The zero-order valence-electron chi connectivity index (χ0n) is 17.0. The summed E-state index contributed by atoms with van der Waals surface area (Å²) in [7, 11) is 1.80. The van der Waals surface area contributed by atoms with Crippen LogP contribution in [-0.4, -0.2) is 40.4 Å². The summed E-state index contributed by atoms with van der Waals surface area (Å²) in [6.45, 7) is 6.14. The van der Waals surface area contributed by atoms with Crippen LogP contribution in [0.25, 0.3) is 22.0 Å². The monoisotopic (exact) mass is 392 g/mol. The highest BCUT2D eigenvalue weighted by atomic mass is 16.2. The van der Waals surface area contributed by atoms with Crippen LogP contribution in [-0.2, 0) is 0 Å². The van der Waals surface area contributed by atoms with E-state index in [1.807, 2.05) is 32.9 Å². The molecule has 0 bridgehead atoms. The van der Waals surface area contributed by atoms with E-state index >= 15 is 0 Å². The van der Waals surface area contributed by atoms with Crippen LogP contribution in [0.5, 0.6) is 0 Å². The molecule has 0 aliphatic heterocycles. The van der Waals surface area contributed by atoms with Crippen LogP contribution in [0.2, 0.25) is 0 Å². The Labute approximate surface area is 169 Å². The van der Waals surface area contributed by atoms with E-state index in [-0.39, 0.29) is 11.8 Å². The molecule has 3 N–H and O–H groups in total. The van der Waals surface area contributed by atoms with Gasteiger partial charge in [0.15, 0.2) is 5.78 Å². The van der Waals surface area contributed by atoms with Gasteiger partial charge in [-0.2, -0.15) is 0 Å². The second-order valence-corrected chi connectivity index (χ2v) is 6.54. The van der Waals surface area contributed by atoms with E-state index in [4.69, 9.17) is 0 Å². The lowest BCUT2D eigenvalue weighted by Crippen LogP contribution is -2.28. The Hall–Kier alpha value is -3.55. The molecule has 0 aliphatic carbocycles. The lowest BCUT2D eigenvalue weighted by atomic mass is 10.0. The molecule has 8 nitrogen and oxygen atoms in total. The fraction of sp³-hybridized carbons (Fsp3) is 0.286. The molecule has 0 atom stereocenters. The van der Waals surface area contributed by atoms with E-state index in [0.29, 0.717) is 35.8 Å². The minimum atomic E-state index is -0.312. The number of amides is 2. The molecule has 0 aromatic carbocycles. The average Bonchev–Trinajstić information content (AvgIpc) is 2.72. The Morgan fingerprint density at radius 1 is 1.03 bits per heavy atom. The first-order valence-electron chi connectivity index (χ1n) is 9.50. The fourth-order valence-corrected chi connectivity index (χ4v) is 3.02. The molecule has 8 heteroatoms. The molecule has 0 saturated carbocycles. The average molecular weight is 392 g/mol. The number of ketones is 1. The first-order valence-corrected chi connectivity index (χ1v) is 9.50. The third kappa shape index (κ3) is 4.31. The van der Waals surface area contributed by atoms with Crippen LogP contribution in [0, 0.1) is 6.92 Å². The Bertz CT molecular complexity index is 1080. The number of carbonyl (C=O) groups is 2. The SMILES string of the molecule is CCNC(=O)Nc1cc2nc(NC)c(-c3cnc(C(=O)CC)cc3C)cc2cn1. The molecule has 3 rings (SSSR count). The van der Waals surface area contributed by atoms with Crippen molar-refractivity contribution in [1.29, 1.82) is 0 Å². The van der Waals surface area contributed by atoms with Crippen molar-refractivity contribution in [3.63, 3.8) is 0 Å². The number of nitrogens with one attached hydrogen (secondary N) is 3. The van der Waals surface area contributed by atoms with E-state index < -0.39 is 0 Å². The highest BCUT2D eigenvalue weighted by molar-refractivity contribution is 5.96. The first-order chi connectivity index (χ1) is 14.0. The first kappa shape index (κ1) is 20.2. The molecule has 150 valence electrons. The highest BCUT2D eigenvalue weighted by Crippen LogP contribution is 2.32. The standard InChI is InChI=1S/C21H24N6O2/c1-5-18(28)17-7-12(3)15(11-24-17)14-8-13-10-25-19(27-21(29)23-6-2)9-16(13)26-20(14)22-4/h7-11H,5-6H2,1-4H3,(H,22,26)(H2,23,25,27,29). The van der Waals surface area contributed by atoms with E-state index in [2.05, 4.69) is 30.9 Å². The van der Waals surface area contributed by atoms with Gasteiger partial charge in [0, 0.05) is 55.0 Å². The maximum Gasteiger partial charge on any atom is 0.320 e. The van der Waals surface area contributed by atoms with Gasteiger partial charge in [-0.05, 0) is 31.5 Å². The number of hydrogen-bond donors (Lipinski definition) is 3. The highest BCUT2D eigenvalue weighted by Gasteiger charge is 2.14. The van der Waals surface area contributed by atoms with Crippen molar-refractivity contribution >= 4 is 34.4 Å². The minimum Gasteiger partial charge on any atom is -0.373 e. The van der Waals surface area contributed by atoms with Crippen LogP contribution in [0.3, 0.4) is 0 Å². The van der Waals surface area contributed by atoms with Gasteiger partial charge in [-0.1, -0.05) is 6.92 Å². The third-order valence-corrected chi connectivity index (χ3v) is 4.52. The van der Waals surface area contributed by atoms with Gasteiger partial charge in [0.05, 0.1) is 5.52 Å². The molecule has 0 unspecified atom stereocenters. The van der Waals surface area contributed by atoms with Gasteiger partial charge < -0.3 is 10.6 Å². The smallest absolute Gasteiger partial charge is 0.320 e. The molecule has 3 aromatic rings. The molecular formula is C21H24N6O2. The quantitative estimate of drug-likeness (QED) is 0.551. The topological polar surface area (TPSA) is 109 Å². The Morgan fingerprint density at radius 3 is 2.48 bits per heavy atom. The maximum atomic E-state index is 11.9. The van der Waals surface area contributed by atoms with Gasteiger partial charge in [-0.3, -0.25) is 15.1 Å². The normalized spacial score (nSPS) is 10.6. The molecule has 0 aliphatic rings. The predicted octanol–water partition coefficient (Wildman–Crippen LogP) is 3.78. The van der Waals surface area contributed by atoms with E-state index in [1.165, 1.54) is 0 Å². The van der Waals surface area contributed by atoms with Crippen LogP contribution >= 0.6 is 0 Å². The maximum absolute atomic E-state index is 11.9.